The van der Waals surface area contributed by atoms with Crippen molar-refractivity contribution in [1.29, 1.82) is 0 Å². The fraction of sp³-hybridized carbons (Fsp3) is 0.174. The van der Waals surface area contributed by atoms with Gasteiger partial charge in [0.1, 0.15) is 17.5 Å². The lowest BCUT2D eigenvalue weighted by molar-refractivity contribution is 0.628. The number of rotatable bonds is 6. The van der Waals surface area contributed by atoms with Crippen molar-refractivity contribution in [2.45, 2.75) is 13.3 Å². The number of benzene rings is 1. The number of halogens is 1. The lowest BCUT2D eigenvalue weighted by Crippen LogP contribution is -2.20. The highest BCUT2D eigenvalue weighted by Crippen LogP contribution is 2.23. The van der Waals surface area contributed by atoms with Crippen LogP contribution in [0.1, 0.15) is 11.3 Å². The molecule has 0 unspecified atom stereocenters. The Balaban J connectivity index is 1.64. The first-order chi connectivity index (χ1) is 14.1. The molecule has 6 heteroatoms. The highest BCUT2D eigenvalue weighted by atomic mass is 19.1. The summed E-state index contributed by atoms with van der Waals surface area (Å²) in [5.74, 6) is 1.28. The topological polar surface area (TPSA) is 46.8 Å². The molecule has 4 aromatic rings. The van der Waals surface area contributed by atoms with Crippen molar-refractivity contribution in [3.8, 4) is 17.2 Å². The molecule has 0 radical (unpaired) electrons. The van der Waals surface area contributed by atoms with Crippen molar-refractivity contribution >= 4 is 5.69 Å². The van der Waals surface area contributed by atoms with Gasteiger partial charge in [0.15, 0.2) is 0 Å². The van der Waals surface area contributed by atoms with Crippen LogP contribution in [0.5, 0.6) is 0 Å². The van der Waals surface area contributed by atoms with Crippen LogP contribution in [-0.2, 0) is 6.42 Å². The third-order valence-corrected chi connectivity index (χ3v) is 4.81. The third-order valence-electron chi connectivity index (χ3n) is 4.81. The van der Waals surface area contributed by atoms with E-state index in [1.165, 1.54) is 12.1 Å². The van der Waals surface area contributed by atoms with Crippen LogP contribution in [0.4, 0.5) is 10.1 Å². The summed E-state index contributed by atoms with van der Waals surface area (Å²) < 4.78 is 15.4. The second-order valence-electron chi connectivity index (χ2n) is 7.00. The van der Waals surface area contributed by atoms with Crippen molar-refractivity contribution in [2.24, 2.45) is 0 Å². The molecule has 0 saturated heterocycles. The van der Waals surface area contributed by atoms with E-state index in [2.05, 4.69) is 21.9 Å². The number of hydrogen-bond donors (Lipinski definition) is 0. The lowest BCUT2D eigenvalue weighted by atomic mass is 10.2. The van der Waals surface area contributed by atoms with Gasteiger partial charge in [-0.15, -0.1) is 0 Å². The molecule has 0 N–H and O–H groups in total. The Bertz CT molecular complexity index is 1010. The summed E-state index contributed by atoms with van der Waals surface area (Å²) in [6, 6.07) is 14.4. The molecule has 0 spiro atoms. The van der Waals surface area contributed by atoms with Gasteiger partial charge in [0, 0.05) is 56.1 Å². The SMILES string of the molecule is Cc1ccc(-n2cc(CCN(C)c3ccncc3)nc2-c2ccc(F)cc2)nc1. The molecule has 5 nitrogen and oxygen atoms in total. The van der Waals surface area contributed by atoms with Gasteiger partial charge in [-0.25, -0.2) is 14.4 Å². The molecule has 0 fully saturated rings. The van der Waals surface area contributed by atoms with E-state index in [9.17, 15) is 4.39 Å². The van der Waals surface area contributed by atoms with E-state index in [0.29, 0.717) is 0 Å². The van der Waals surface area contributed by atoms with E-state index in [-0.39, 0.29) is 5.82 Å². The van der Waals surface area contributed by atoms with E-state index in [0.717, 1.165) is 47.1 Å². The van der Waals surface area contributed by atoms with Gasteiger partial charge in [-0.05, 0) is 55.0 Å². The van der Waals surface area contributed by atoms with Gasteiger partial charge in [0.25, 0.3) is 0 Å². The molecular formula is C23H22FN5. The van der Waals surface area contributed by atoms with Crippen LogP contribution in [0, 0.1) is 12.7 Å². The number of aryl methyl sites for hydroxylation is 1. The zero-order valence-corrected chi connectivity index (χ0v) is 16.5. The first kappa shape index (κ1) is 18.8. The molecule has 146 valence electrons. The molecule has 0 aliphatic carbocycles. The third kappa shape index (κ3) is 4.32. The Morgan fingerprint density at radius 3 is 2.45 bits per heavy atom. The van der Waals surface area contributed by atoms with Crippen LogP contribution in [0.15, 0.2) is 73.3 Å². The quantitative estimate of drug-likeness (QED) is 0.490. The van der Waals surface area contributed by atoms with Gasteiger partial charge in [0.2, 0.25) is 0 Å². The number of imidazole rings is 1. The summed E-state index contributed by atoms with van der Waals surface area (Å²) >= 11 is 0. The fourth-order valence-electron chi connectivity index (χ4n) is 3.14. The predicted molar refractivity (Wildman–Crippen MR) is 113 cm³/mol. The molecule has 29 heavy (non-hydrogen) atoms. The largest absolute Gasteiger partial charge is 0.374 e. The minimum atomic E-state index is -0.264. The molecule has 3 aromatic heterocycles. The maximum absolute atomic E-state index is 13.4. The van der Waals surface area contributed by atoms with Gasteiger partial charge in [-0.1, -0.05) is 6.07 Å². The smallest absolute Gasteiger partial charge is 0.145 e. The summed E-state index contributed by atoms with van der Waals surface area (Å²) in [7, 11) is 2.05. The Morgan fingerprint density at radius 1 is 1.00 bits per heavy atom. The average molecular weight is 387 g/mol. The monoisotopic (exact) mass is 387 g/mol. The van der Waals surface area contributed by atoms with E-state index in [1.54, 1.807) is 24.5 Å². The molecule has 0 aliphatic heterocycles. The summed E-state index contributed by atoms with van der Waals surface area (Å²) in [6.45, 7) is 2.82. The van der Waals surface area contributed by atoms with Gasteiger partial charge in [-0.3, -0.25) is 9.55 Å². The zero-order chi connectivity index (χ0) is 20.2. The number of nitrogens with zero attached hydrogens (tertiary/aromatic N) is 5. The van der Waals surface area contributed by atoms with Crippen LogP contribution < -0.4 is 4.90 Å². The maximum atomic E-state index is 13.4. The van der Waals surface area contributed by atoms with Gasteiger partial charge < -0.3 is 4.90 Å². The second-order valence-corrected chi connectivity index (χ2v) is 7.00. The van der Waals surface area contributed by atoms with Gasteiger partial charge in [0.05, 0.1) is 5.69 Å². The van der Waals surface area contributed by atoms with Crippen molar-refractivity contribution < 1.29 is 4.39 Å². The fourth-order valence-corrected chi connectivity index (χ4v) is 3.14. The lowest BCUT2D eigenvalue weighted by Gasteiger charge is -2.18. The van der Waals surface area contributed by atoms with Gasteiger partial charge >= 0.3 is 0 Å². The Kier molecular flexibility index (Phi) is 5.33. The van der Waals surface area contributed by atoms with E-state index >= 15 is 0 Å². The number of hydrogen-bond acceptors (Lipinski definition) is 4. The number of pyridine rings is 2. The molecular weight excluding hydrogens is 365 g/mol. The second kappa shape index (κ2) is 8.22. The van der Waals surface area contributed by atoms with Crippen LogP contribution in [0.3, 0.4) is 0 Å². The number of anilines is 1. The van der Waals surface area contributed by atoms with Crippen LogP contribution in [0.2, 0.25) is 0 Å². The Hall–Kier alpha value is -3.54. The first-order valence-corrected chi connectivity index (χ1v) is 9.48. The number of likely N-dealkylation sites (N-methyl/N-ethyl adjacent to an activating group) is 1. The molecule has 0 bridgehead atoms. The van der Waals surface area contributed by atoms with Crippen molar-refractivity contribution in [1.82, 2.24) is 19.5 Å². The zero-order valence-electron chi connectivity index (χ0n) is 16.5. The summed E-state index contributed by atoms with van der Waals surface area (Å²) in [4.78, 5) is 15.6. The van der Waals surface area contributed by atoms with Gasteiger partial charge in [-0.2, -0.15) is 0 Å². The molecule has 1 aromatic carbocycles. The number of aromatic nitrogens is 4. The van der Waals surface area contributed by atoms with E-state index in [1.807, 2.05) is 48.1 Å². The summed E-state index contributed by atoms with van der Waals surface area (Å²) in [5, 5.41) is 0. The Labute approximate surface area is 169 Å². The van der Waals surface area contributed by atoms with Crippen LogP contribution >= 0.6 is 0 Å². The van der Waals surface area contributed by atoms with Crippen LogP contribution in [-0.4, -0.2) is 33.1 Å². The molecule has 0 saturated carbocycles. The molecule has 4 rings (SSSR count). The van der Waals surface area contributed by atoms with E-state index < -0.39 is 0 Å². The van der Waals surface area contributed by atoms with Crippen LogP contribution in [0.25, 0.3) is 17.2 Å². The summed E-state index contributed by atoms with van der Waals surface area (Å²) in [6.07, 6.45) is 8.19. The first-order valence-electron chi connectivity index (χ1n) is 9.48. The highest BCUT2D eigenvalue weighted by molar-refractivity contribution is 5.58. The average Bonchev–Trinajstić information content (AvgIpc) is 3.18. The highest BCUT2D eigenvalue weighted by Gasteiger charge is 2.13. The van der Waals surface area contributed by atoms with Crippen molar-refractivity contribution in [3.05, 3.63) is 90.4 Å². The minimum absolute atomic E-state index is 0.264. The minimum Gasteiger partial charge on any atom is -0.374 e. The Morgan fingerprint density at radius 2 is 1.76 bits per heavy atom. The normalized spacial score (nSPS) is 10.9. The van der Waals surface area contributed by atoms with Crippen molar-refractivity contribution in [3.63, 3.8) is 0 Å². The molecule has 0 aliphatic rings. The summed E-state index contributed by atoms with van der Waals surface area (Å²) in [5.41, 5.74) is 4.00. The molecule has 3 heterocycles. The maximum Gasteiger partial charge on any atom is 0.145 e. The molecule has 0 amide bonds. The molecule has 0 atom stereocenters. The van der Waals surface area contributed by atoms with Crippen molar-refractivity contribution in [2.75, 3.05) is 18.5 Å². The standard InChI is InChI=1S/C23H22FN5/c1-17-3-8-22(26-15-17)29-16-20(11-14-28(2)21-9-12-25-13-10-21)27-23(29)18-4-6-19(24)7-5-18/h3-10,12-13,15-16H,11,14H2,1-2H3. The van der Waals surface area contributed by atoms with E-state index in [4.69, 9.17) is 4.98 Å². The predicted octanol–water partition coefficient (Wildman–Crippen LogP) is 4.46.